The smallest absolute Gasteiger partial charge is 0.335 e. The Bertz CT molecular complexity index is 997. The molecule has 0 aliphatic carbocycles. The Morgan fingerprint density at radius 1 is 1.00 bits per heavy atom. The number of likely N-dealkylation sites (N-methyl/N-ethyl adjacent to an activating group) is 1. The Labute approximate surface area is 185 Å². The number of sulfonamides is 1. The molecule has 0 atom stereocenters. The van der Waals surface area contributed by atoms with Gasteiger partial charge in [-0.15, -0.1) is 0 Å². The highest BCUT2D eigenvalue weighted by atomic mass is 32.2. The number of aromatic carboxylic acids is 1. The average molecular weight is 470 g/mol. The minimum absolute atomic E-state index is 0.128. The second-order valence-electron chi connectivity index (χ2n) is 6.79. The van der Waals surface area contributed by atoms with Crippen molar-refractivity contribution in [2.75, 3.05) is 67.8 Å². The van der Waals surface area contributed by atoms with Gasteiger partial charge in [-0.1, -0.05) is 0 Å². The van der Waals surface area contributed by atoms with Crippen molar-refractivity contribution in [1.29, 1.82) is 0 Å². The Hall–Kier alpha value is -3.07. The first-order chi connectivity index (χ1) is 15.1. The van der Waals surface area contributed by atoms with E-state index in [0.717, 1.165) is 6.26 Å². The monoisotopic (exact) mass is 469 g/mol. The van der Waals surface area contributed by atoms with Crippen LogP contribution in [0.5, 0.6) is 0 Å². The van der Waals surface area contributed by atoms with Crippen LogP contribution < -0.4 is 19.8 Å². The number of benzene rings is 1. The molecule has 0 aliphatic heterocycles. The van der Waals surface area contributed by atoms with E-state index >= 15 is 0 Å². The van der Waals surface area contributed by atoms with Crippen LogP contribution in [0.3, 0.4) is 0 Å². The summed E-state index contributed by atoms with van der Waals surface area (Å²) in [6.07, 6.45) is 1.06. The van der Waals surface area contributed by atoms with Crippen LogP contribution in [0.2, 0.25) is 0 Å². The number of anilines is 4. The summed E-state index contributed by atoms with van der Waals surface area (Å²) < 4.78 is 25.0. The number of aromatic nitrogens is 3. The van der Waals surface area contributed by atoms with E-state index in [2.05, 4.69) is 25.0 Å². The lowest BCUT2D eigenvalue weighted by atomic mass is 10.2. The van der Waals surface area contributed by atoms with Gasteiger partial charge >= 0.3 is 5.97 Å². The largest absolute Gasteiger partial charge is 0.478 e. The van der Waals surface area contributed by atoms with Crippen LogP contribution in [0, 0.1) is 0 Å². The highest BCUT2D eigenvalue weighted by Gasteiger charge is 2.16. The first kappa shape index (κ1) is 25.2. The maximum Gasteiger partial charge on any atom is 0.335 e. The predicted octanol–water partition coefficient (Wildman–Crippen LogP) is -0.910. The number of nitrogens with one attached hydrogen (secondary N) is 2. The zero-order valence-corrected chi connectivity index (χ0v) is 18.6. The molecule has 0 radical (unpaired) electrons. The standard InChI is InChI=1S/C18H27N7O6S/c1-24(8-7-19-32(2,30)31)17-21-16(20-14-5-3-13(4-6-14)15(28)29)22-18(23-17)25(9-11-26)10-12-27/h3-6,19,26-27H,7-12H2,1-2H3,(H,28,29)(H,20,21,22,23). The van der Waals surface area contributed by atoms with E-state index in [4.69, 9.17) is 5.11 Å². The molecule has 2 aromatic rings. The number of carbonyl (C=O) groups is 1. The second kappa shape index (κ2) is 11.5. The normalized spacial score (nSPS) is 11.2. The fourth-order valence-electron chi connectivity index (χ4n) is 2.60. The molecule has 0 saturated carbocycles. The van der Waals surface area contributed by atoms with E-state index in [9.17, 15) is 23.4 Å². The van der Waals surface area contributed by atoms with Crippen molar-refractivity contribution in [2.45, 2.75) is 0 Å². The van der Waals surface area contributed by atoms with E-state index in [0.29, 0.717) is 5.69 Å². The number of hydrogen-bond donors (Lipinski definition) is 5. The second-order valence-corrected chi connectivity index (χ2v) is 8.62. The molecule has 13 nitrogen and oxygen atoms in total. The Morgan fingerprint density at radius 2 is 1.59 bits per heavy atom. The van der Waals surface area contributed by atoms with Crippen LogP contribution in [0.1, 0.15) is 10.4 Å². The summed E-state index contributed by atoms with van der Waals surface area (Å²) in [5.41, 5.74) is 0.665. The van der Waals surface area contributed by atoms with Gasteiger partial charge in [-0.25, -0.2) is 17.9 Å². The van der Waals surface area contributed by atoms with Gasteiger partial charge in [0.05, 0.1) is 25.0 Å². The van der Waals surface area contributed by atoms with Crippen molar-refractivity contribution in [3.8, 4) is 0 Å². The number of carboxylic acids is 1. The van der Waals surface area contributed by atoms with E-state index in [-0.39, 0.29) is 62.8 Å². The highest BCUT2D eigenvalue weighted by molar-refractivity contribution is 7.88. The Balaban J connectivity index is 2.32. The van der Waals surface area contributed by atoms with Crippen LogP contribution in [0.25, 0.3) is 0 Å². The van der Waals surface area contributed by atoms with Crippen molar-refractivity contribution in [3.63, 3.8) is 0 Å². The van der Waals surface area contributed by atoms with E-state index in [1.54, 1.807) is 29.0 Å². The molecule has 1 aromatic heterocycles. The molecular weight excluding hydrogens is 442 g/mol. The maximum atomic E-state index is 11.3. The van der Waals surface area contributed by atoms with Gasteiger partial charge in [-0.3, -0.25) is 0 Å². The lowest BCUT2D eigenvalue weighted by Crippen LogP contribution is -2.35. The van der Waals surface area contributed by atoms with Gasteiger partial charge in [0.1, 0.15) is 0 Å². The van der Waals surface area contributed by atoms with E-state index < -0.39 is 16.0 Å². The number of rotatable bonds is 13. The SMILES string of the molecule is CN(CCNS(C)(=O)=O)c1nc(Nc2ccc(C(=O)O)cc2)nc(N(CCO)CCO)n1. The summed E-state index contributed by atoms with van der Waals surface area (Å²) in [4.78, 5) is 27.3. The van der Waals surface area contributed by atoms with Gasteiger partial charge in [0.25, 0.3) is 0 Å². The highest BCUT2D eigenvalue weighted by Crippen LogP contribution is 2.20. The fourth-order valence-corrected chi connectivity index (χ4v) is 3.06. The number of carboxylic acid groups (broad SMARTS) is 1. The van der Waals surface area contributed by atoms with Gasteiger partial charge in [0.2, 0.25) is 27.9 Å². The van der Waals surface area contributed by atoms with Gasteiger partial charge in [0, 0.05) is 38.9 Å². The molecule has 0 spiro atoms. The van der Waals surface area contributed by atoms with Crippen LogP contribution in [0.15, 0.2) is 24.3 Å². The van der Waals surface area contributed by atoms with Crippen molar-refractivity contribution in [1.82, 2.24) is 19.7 Å². The first-order valence-electron chi connectivity index (χ1n) is 9.62. The summed E-state index contributed by atoms with van der Waals surface area (Å²) >= 11 is 0. The lowest BCUT2D eigenvalue weighted by Gasteiger charge is -2.24. The van der Waals surface area contributed by atoms with Gasteiger partial charge < -0.3 is 30.4 Å². The molecular formula is C18H27N7O6S. The third-order valence-electron chi connectivity index (χ3n) is 4.18. The number of aliphatic hydroxyl groups excluding tert-OH is 2. The fraction of sp³-hybridized carbons (Fsp3) is 0.444. The molecule has 2 rings (SSSR count). The quantitative estimate of drug-likeness (QED) is 0.244. The molecule has 1 aromatic carbocycles. The molecule has 5 N–H and O–H groups in total. The molecule has 14 heteroatoms. The molecule has 0 aliphatic rings. The maximum absolute atomic E-state index is 11.3. The third kappa shape index (κ3) is 7.88. The zero-order valence-electron chi connectivity index (χ0n) is 17.8. The van der Waals surface area contributed by atoms with Crippen LogP contribution in [-0.4, -0.2) is 97.4 Å². The Morgan fingerprint density at radius 3 is 2.12 bits per heavy atom. The molecule has 32 heavy (non-hydrogen) atoms. The molecule has 0 bridgehead atoms. The van der Waals surface area contributed by atoms with Gasteiger partial charge in [-0.05, 0) is 24.3 Å². The van der Waals surface area contributed by atoms with Crippen molar-refractivity contribution >= 4 is 39.5 Å². The predicted molar refractivity (Wildman–Crippen MR) is 119 cm³/mol. The van der Waals surface area contributed by atoms with Crippen LogP contribution in [0.4, 0.5) is 23.5 Å². The summed E-state index contributed by atoms with van der Waals surface area (Å²) in [6.45, 7) is 0.380. The van der Waals surface area contributed by atoms with E-state index in [1.807, 2.05) is 0 Å². The summed E-state index contributed by atoms with van der Waals surface area (Å²) in [7, 11) is -1.67. The molecule has 1 heterocycles. The minimum Gasteiger partial charge on any atom is -0.478 e. The van der Waals surface area contributed by atoms with Crippen LogP contribution >= 0.6 is 0 Å². The minimum atomic E-state index is -3.34. The van der Waals surface area contributed by atoms with Crippen molar-refractivity contribution in [3.05, 3.63) is 29.8 Å². The lowest BCUT2D eigenvalue weighted by molar-refractivity contribution is 0.0697. The molecule has 0 amide bonds. The van der Waals surface area contributed by atoms with Gasteiger partial charge in [0.15, 0.2) is 0 Å². The average Bonchev–Trinajstić information content (AvgIpc) is 2.72. The third-order valence-corrected chi connectivity index (χ3v) is 4.90. The molecule has 176 valence electrons. The number of hydrogen-bond acceptors (Lipinski definition) is 11. The topological polar surface area (TPSA) is 181 Å². The molecule has 0 saturated heterocycles. The van der Waals surface area contributed by atoms with Gasteiger partial charge in [-0.2, -0.15) is 15.0 Å². The summed E-state index contributed by atoms with van der Waals surface area (Å²) in [5.74, 6) is -0.465. The molecule has 0 fully saturated rings. The van der Waals surface area contributed by atoms with E-state index in [1.165, 1.54) is 12.1 Å². The number of aliphatic hydroxyl groups is 2. The zero-order chi connectivity index (χ0) is 23.7. The van der Waals surface area contributed by atoms with Crippen molar-refractivity contribution < 1.29 is 28.5 Å². The van der Waals surface area contributed by atoms with Crippen LogP contribution in [-0.2, 0) is 10.0 Å². The Kier molecular flexibility index (Phi) is 9.07. The molecule has 0 unspecified atom stereocenters. The summed E-state index contributed by atoms with van der Waals surface area (Å²) in [6, 6.07) is 5.98. The van der Waals surface area contributed by atoms with Crippen molar-refractivity contribution in [2.24, 2.45) is 0 Å². The first-order valence-corrected chi connectivity index (χ1v) is 11.5. The number of nitrogens with zero attached hydrogens (tertiary/aromatic N) is 5. The summed E-state index contributed by atoms with van der Waals surface area (Å²) in [5, 5.41) is 30.7.